The fourth-order valence-electron chi connectivity index (χ4n) is 5.42. The number of rotatable bonds is 16. The first-order valence-electron chi connectivity index (χ1n) is 16.6. The molecule has 0 spiro atoms. The number of halogens is 1. The second-order valence-electron chi connectivity index (χ2n) is 11.8. The summed E-state index contributed by atoms with van der Waals surface area (Å²) in [6, 6.07) is 34.2. The molecule has 0 fully saturated rings. The summed E-state index contributed by atoms with van der Waals surface area (Å²) in [6.45, 7) is 0.472. The lowest BCUT2D eigenvalue weighted by atomic mass is 9.96. The summed E-state index contributed by atoms with van der Waals surface area (Å²) in [4.78, 5) is 28.7. The Balaban J connectivity index is 1.31. The molecule has 0 saturated carbocycles. The molecule has 4 aromatic carbocycles. The van der Waals surface area contributed by atoms with Crippen molar-refractivity contribution in [1.82, 2.24) is 9.29 Å². The van der Waals surface area contributed by atoms with Gasteiger partial charge in [-0.15, -0.1) is 0 Å². The smallest absolute Gasteiger partial charge is 0.338 e. The molecule has 0 bridgehead atoms. The van der Waals surface area contributed by atoms with Crippen LogP contribution in [0.1, 0.15) is 57.4 Å². The van der Waals surface area contributed by atoms with E-state index in [9.17, 15) is 18.0 Å². The van der Waals surface area contributed by atoms with Gasteiger partial charge in [0.05, 0.1) is 17.6 Å². The highest BCUT2D eigenvalue weighted by molar-refractivity contribution is 7.89. The number of aromatic nitrogens is 1. The highest BCUT2D eigenvalue weighted by Crippen LogP contribution is 2.26. The predicted octanol–water partition coefficient (Wildman–Crippen LogP) is 8.30. The van der Waals surface area contributed by atoms with E-state index in [2.05, 4.69) is 11.1 Å². The number of hydrogen-bond donors (Lipinski definition) is 0. The highest BCUT2D eigenvalue weighted by Gasteiger charge is 2.25. The summed E-state index contributed by atoms with van der Waals surface area (Å²) in [5, 5.41) is 0.443. The first-order valence-corrected chi connectivity index (χ1v) is 18.4. The molecular formula is C41H39ClN2O6S. The number of sulfonamides is 1. The van der Waals surface area contributed by atoms with Gasteiger partial charge in [-0.3, -0.25) is 9.78 Å². The summed E-state index contributed by atoms with van der Waals surface area (Å²) in [5.41, 5.74) is 5.89. The number of carbonyl (C=O) groups excluding carboxylic acids is 2. The number of pyridine rings is 1. The van der Waals surface area contributed by atoms with Gasteiger partial charge in [0.1, 0.15) is 6.61 Å². The van der Waals surface area contributed by atoms with E-state index in [-0.39, 0.29) is 30.6 Å². The van der Waals surface area contributed by atoms with Crippen LogP contribution in [0.4, 0.5) is 0 Å². The van der Waals surface area contributed by atoms with Gasteiger partial charge in [0, 0.05) is 42.5 Å². The maximum Gasteiger partial charge on any atom is 0.338 e. The number of allylic oxidation sites excluding steroid dienone is 1. The molecule has 262 valence electrons. The van der Waals surface area contributed by atoms with E-state index in [1.165, 1.54) is 23.5 Å². The van der Waals surface area contributed by atoms with Crippen molar-refractivity contribution in [3.05, 3.63) is 172 Å². The number of methoxy groups -OCH3 is 1. The van der Waals surface area contributed by atoms with E-state index in [0.717, 1.165) is 33.4 Å². The second-order valence-corrected chi connectivity index (χ2v) is 14.2. The van der Waals surface area contributed by atoms with E-state index >= 15 is 0 Å². The topological polar surface area (TPSA) is 103 Å². The third-order valence-electron chi connectivity index (χ3n) is 8.26. The molecule has 0 aliphatic carbocycles. The predicted molar refractivity (Wildman–Crippen MR) is 198 cm³/mol. The van der Waals surface area contributed by atoms with Gasteiger partial charge in [0.15, 0.2) is 0 Å². The second kappa shape index (κ2) is 18.2. The molecular weight excluding hydrogens is 684 g/mol. The Kier molecular flexibility index (Phi) is 13.3. The average Bonchev–Trinajstić information content (AvgIpc) is 3.16. The third-order valence-corrected chi connectivity index (χ3v) is 10.4. The number of nitrogens with zero attached hydrogens (tertiary/aromatic N) is 2. The van der Waals surface area contributed by atoms with Gasteiger partial charge in [0.25, 0.3) is 0 Å². The zero-order valence-electron chi connectivity index (χ0n) is 28.3. The van der Waals surface area contributed by atoms with Crippen LogP contribution in [-0.4, -0.2) is 43.3 Å². The number of carbonyl (C=O) groups is 2. The molecule has 0 N–H and O–H groups in total. The van der Waals surface area contributed by atoms with Crippen molar-refractivity contribution in [2.24, 2.45) is 0 Å². The number of benzene rings is 4. The van der Waals surface area contributed by atoms with Crippen LogP contribution < -0.4 is 0 Å². The zero-order valence-corrected chi connectivity index (χ0v) is 29.9. The summed E-state index contributed by atoms with van der Waals surface area (Å²) in [7, 11) is -2.51. The lowest BCUT2D eigenvalue weighted by molar-refractivity contribution is -0.140. The Labute approximate surface area is 304 Å². The number of unbranched alkanes of at least 4 members (excludes halogenated alkanes) is 1. The molecule has 10 heteroatoms. The molecule has 8 nitrogen and oxygen atoms in total. The first-order chi connectivity index (χ1) is 24.7. The quantitative estimate of drug-likeness (QED) is 0.0746. The minimum Gasteiger partial charge on any atom is -0.469 e. The lowest BCUT2D eigenvalue weighted by Gasteiger charge is -2.23. The Morgan fingerprint density at radius 1 is 0.784 bits per heavy atom. The monoisotopic (exact) mass is 722 g/mol. The van der Waals surface area contributed by atoms with Crippen LogP contribution in [0.3, 0.4) is 0 Å². The van der Waals surface area contributed by atoms with Crippen LogP contribution in [0.15, 0.2) is 139 Å². The van der Waals surface area contributed by atoms with Crippen LogP contribution in [0.2, 0.25) is 5.02 Å². The average molecular weight is 723 g/mol. The number of ether oxygens (including phenoxy) is 2. The maximum absolute atomic E-state index is 13.9. The van der Waals surface area contributed by atoms with E-state index in [1.54, 1.807) is 48.8 Å². The molecule has 5 aromatic rings. The van der Waals surface area contributed by atoms with Crippen molar-refractivity contribution >= 4 is 39.1 Å². The lowest BCUT2D eigenvalue weighted by Crippen LogP contribution is -2.32. The van der Waals surface area contributed by atoms with Crippen molar-refractivity contribution in [2.45, 2.75) is 43.7 Å². The largest absolute Gasteiger partial charge is 0.469 e. The number of esters is 2. The fraction of sp³-hybridized carbons (Fsp3) is 0.195. The Morgan fingerprint density at radius 2 is 1.47 bits per heavy atom. The normalized spacial score (nSPS) is 11.7. The number of hydrogen-bond acceptors (Lipinski definition) is 7. The SMILES string of the molecule is COC(=O)CCC/C=C(\c1ccc(CCN(Cc2ccc(C(=O)OCc3ccccc3)cc2)S(=O)(=O)c2ccc(Cl)cc2)cc1)c1cccnc1. The molecule has 5 rings (SSSR count). The molecule has 0 unspecified atom stereocenters. The van der Waals surface area contributed by atoms with Gasteiger partial charge in [-0.05, 0) is 89.6 Å². The van der Waals surface area contributed by atoms with Crippen molar-refractivity contribution in [3.8, 4) is 0 Å². The molecule has 0 atom stereocenters. The summed E-state index contributed by atoms with van der Waals surface area (Å²) < 4.78 is 39.5. The van der Waals surface area contributed by atoms with Gasteiger partial charge in [0.2, 0.25) is 10.0 Å². The van der Waals surface area contributed by atoms with E-state index in [0.29, 0.717) is 36.3 Å². The van der Waals surface area contributed by atoms with Crippen molar-refractivity contribution in [2.75, 3.05) is 13.7 Å². The van der Waals surface area contributed by atoms with Crippen LogP contribution in [0.25, 0.3) is 5.57 Å². The van der Waals surface area contributed by atoms with E-state index in [4.69, 9.17) is 21.1 Å². The minimum atomic E-state index is -3.90. The molecule has 0 amide bonds. The van der Waals surface area contributed by atoms with E-state index < -0.39 is 16.0 Å². The Hall–Kier alpha value is -5.09. The van der Waals surface area contributed by atoms with Crippen LogP contribution in [-0.2, 0) is 43.9 Å². The molecule has 51 heavy (non-hydrogen) atoms. The van der Waals surface area contributed by atoms with Gasteiger partial charge in [-0.2, -0.15) is 4.31 Å². The van der Waals surface area contributed by atoms with Crippen molar-refractivity contribution in [1.29, 1.82) is 0 Å². The third kappa shape index (κ3) is 10.7. The van der Waals surface area contributed by atoms with Crippen molar-refractivity contribution < 1.29 is 27.5 Å². The molecule has 0 aliphatic rings. The van der Waals surface area contributed by atoms with Crippen LogP contribution in [0, 0.1) is 0 Å². The molecule has 0 radical (unpaired) electrons. The molecule has 1 aromatic heterocycles. The first kappa shape index (κ1) is 37.2. The molecule has 0 saturated heterocycles. The van der Waals surface area contributed by atoms with Crippen LogP contribution in [0.5, 0.6) is 0 Å². The summed E-state index contributed by atoms with van der Waals surface area (Å²) >= 11 is 6.07. The van der Waals surface area contributed by atoms with Crippen LogP contribution >= 0.6 is 11.6 Å². The van der Waals surface area contributed by atoms with Gasteiger partial charge in [-0.1, -0.05) is 90.5 Å². The molecule has 1 heterocycles. The standard InChI is InChI=1S/C41H39ClN2O6S/c1-49-40(45)12-6-5-11-39(36-10-7-26-43-28-36)34-17-13-31(14-18-34)25-27-44(51(47,48)38-23-21-37(42)22-24-38)29-32-15-19-35(20-16-32)41(46)50-30-33-8-3-2-4-9-33/h2-4,7-11,13-24,26,28H,5-6,12,25,27,29-30H2,1H3/b39-11+. The maximum atomic E-state index is 13.9. The van der Waals surface area contributed by atoms with Gasteiger partial charge < -0.3 is 9.47 Å². The minimum absolute atomic E-state index is 0.0991. The summed E-state index contributed by atoms with van der Waals surface area (Å²) in [6.07, 6.45) is 7.78. The Morgan fingerprint density at radius 3 is 2.14 bits per heavy atom. The summed E-state index contributed by atoms with van der Waals surface area (Å²) in [5.74, 6) is -0.693. The molecule has 0 aliphatic heterocycles. The van der Waals surface area contributed by atoms with Gasteiger partial charge >= 0.3 is 11.9 Å². The highest BCUT2D eigenvalue weighted by atomic mass is 35.5. The Bertz CT molecular complexity index is 2020. The fourth-order valence-corrected chi connectivity index (χ4v) is 6.98. The van der Waals surface area contributed by atoms with Crippen molar-refractivity contribution in [3.63, 3.8) is 0 Å². The van der Waals surface area contributed by atoms with E-state index in [1.807, 2.05) is 66.7 Å². The zero-order chi connectivity index (χ0) is 36.1. The van der Waals surface area contributed by atoms with Gasteiger partial charge in [-0.25, -0.2) is 13.2 Å².